The summed E-state index contributed by atoms with van der Waals surface area (Å²) in [6.07, 6.45) is 6.16. The van der Waals surface area contributed by atoms with E-state index in [1.165, 1.54) is 18.5 Å². The SMILES string of the molecule is OC1CCC(Nc2ncc3ncnc(Nc4cccc(F)c4)c3n2)CC1. The maximum Gasteiger partial charge on any atom is 0.223 e. The number of nitrogens with one attached hydrogen (secondary N) is 2. The van der Waals surface area contributed by atoms with E-state index in [9.17, 15) is 9.50 Å². The van der Waals surface area contributed by atoms with Crippen molar-refractivity contribution in [3.63, 3.8) is 0 Å². The Bertz CT molecular complexity index is 913. The number of rotatable bonds is 4. The van der Waals surface area contributed by atoms with Crippen LogP contribution in [0.4, 0.5) is 21.8 Å². The summed E-state index contributed by atoms with van der Waals surface area (Å²) >= 11 is 0. The Morgan fingerprint density at radius 1 is 1.08 bits per heavy atom. The zero-order valence-electron chi connectivity index (χ0n) is 14.1. The lowest BCUT2D eigenvalue weighted by Gasteiger charge is -2.26. The Morgan fingerprint density at radius 3 is 2.73 bits per heavy atom. The van der Waals surface area contributed by atoms with Crippen LogP contribution in [0.2, 0.25) is 0 Å². The molecule has 0 spiro atoms. The molecule has 7 nitrogen and oxygen atoms in total. The topological polar surface area (TPSA) is 95.9 Å². The van der Waals surface area contributed by atoms with Crippen molar-refractivity contribution >= 4 is 28.5 Å². The molecule has 1 fully saturated rings. The Kier molecular flexibility index (Phi) is 4.57. The summed E-state index contributed by atoms with van der Waals surface area (Å²) in [5.41, 5.74) is 1.74. The fourth-order valence-corrected chi connectivity index (χ4v) is 3.12. The fraction of sp³-hybridized carbons (Fsp3) is 0.333. The number of aliphatic hydroxyl groups excluding tert-OH is 1. The first-order valence-corrected chi connectivity index (χ1v) is 8.62. The lowest BCUT2D eigenvalue weighted by atomic mass is 9.93. The first-order valence-electron chi connectivity index (χ1n) is 8.62. The summed E-state index contributed by atoms with van der Waals surface area (Å²) < 4.78 is 13.4. The number of anilines is 3. The van der Waals surface area contributed by atoms with Crippen molar-refractivity contribution in [3.05, 3.63) is 42.6 Å². The van der Waals surface area contributed by atoms with E-state index in [4.69, 9.17) is 0 Å². The van der Waals surface area contributed by atoms with Gasteiger partial charge in [0.15, 0.2) is 5.82 Å². The molecule has 0 radical (unpaired) electrons. The van der Waals surface area contributed by atoms with Crippen LogP contribution in [0.25, 0.3) is 11.0 Å². The molecule has 1 aromatic carbocycles. The van der Waals surface area contributed by atoms with Crippen molar-refractivity contribution in [2.75, 3.05) is 10.6 Å². The minimum atomic E-state index is -0.329. The van der Waals surface area contributed by atoms with E-state index in [2.05, 4.69) is 30.6 Å². The highest BCUT2D eigenvalue weighted by Crippen LogP contribution is 2.24. The Labute approximate surface area is 149 Å². The predicted octanol–water partition coefficient (Wildman–Crippen LogP) is 3.02. The summed E-state index contributed by atoms with van der Waals surface area (Å²) in [6.45, 7) is 0. The highest BCUT2D eigenvalue weighted by atomic mass is 19.1. The van der Waals surface area contributed by atoms with Crippen LogP contribution in [0.3, 0.4) is 0 Å². The van der Waals surface area contributed by atoms with Gasteiger partial charge in [-0.1, -0.05) is 6.07 Å². The van der Waals surface area contributed by atoms with Gasteiger partial charge in [-0.25, -0.2) is 24.3 Å². The van der Waals surface area contributed by atoms with E-state index in [1.807, 2.05) is 0 Å². The van der Waals surface area contributed by atoms with Gasteiger partial charge in [0.2, 0.25) is 5.95 Å². The maximum atomic E-state index is 13.4. The molecular formula is C18H19FN6O. The molecular weight excluding hydrogens is 335 g/mol. The molecule has 3 N–H and O–H groups in total. The van der Waals surface area contributed by atoms with Crippen molar-refractivity contribution in [2.45, 2.75) is 37.8 Å². The molecule has 1 aliphatic carbocycles. The van der Waals surface area contributed by atoms with Gasteiger partial charge >= 0.3 is 0 Å². The fourth-order valence-electron chi connectivity index (χ4n) is 3.12. The maximum absolute atomic E-state index is 13.4. The predicted molar refractivity (Wildman–Crippen MR) is 96.7 cm³/mol. The van der Waals surface area contributed by atoms with Crippen LogP contribution in [0.5, 0.6) is 0 Å². The molecule has 2 aromatic heterocycles. The summed E-state index contributed by atoms with van der Waals surface area (Å²) in [5.74, 6) is 0.658. The highest BCUT2D eigenvalue weighted by molar-refractivity contribution is 5.87. The number of nitrogens with zero attached hydrogens (tertiary/aromatic N) is 4. The summed E-state index contributed by atoms with van der Waals surface area (Å²) in [6, 6.07) is 6.39. The molecule has 26 heavy (non-hydrogen) atoms. The standard InChI is InChI=1S/C18H19FN6O/c19-11-2-1-3-13(8-11)23-17-16-15(21-10-22-17)9-20-18(25-16)24-12-4-6-14(26)7-5-12/h1-3,8-10,12,14,26H,4-7H2,(H,20,24,25)(H,21,22,23). The molecule has 0 saturated heterocycles. The molecule has 8 heteroatoms. The van der Waals surface area contributed by atoms with E-state index in [1.54, 1.807) is 18.3 Å². The molecule has 134 valence electrons. The quantitative estimate of drug-likeness (QED) is 0.663. The molecule has 1 aliphatic rings. The second-order valence-corrected chi connectivity index (χ2v) is 6.43. The third-order valence-corrected chi connectivity index (χ3v) is 4.49. The van der Waals surface area contributed by atoms with Gasteiger partial charge in [-0.15, -0.1) is 0 Å². The Morgan fingerprint density at radius 2 is 1.92 bits per heavy atom. The summed E-state index contributed by atoms with van der Waals surface area (Å²) in [4.78, 5) is 17.3. The molecule has 1 saturated carbocycles. The largest absolute Gasteiger partial charge is 0.393 e. The van der Waals surface area contributed by atoms with Crippen molar-refractivity contribution in [3.8, 4) is 0 Å². The van der Waals surface area contributed by atoms with E-state index >= 15 is 0 Å². The number of hydrogen-bond acceptors (Lipinski definition) is 7. The average molecular weight is 354 g/mol. The van der Waals surface area contributed by atoms with Crippen molar-refractivity contribution < 1.29 is 9.50 Å². The minimum absolute atomic E-state index is 0.207. The number of fused-ring (bicyclic) bond motifs is 1. The van der Waals surface area contributed by atoms with Crippen LogP contribution >= 0.6 is 0 Å². The normalized spacial score (nSPS) is 20.1. The highest BCUT2D eigenvalue weighted by Gasteiger charge is 2.20. The zero-order chi connectivity index (χ0) is 17.9. The van der Waals surface area contributed by atoms with Gasteiger partial charge in [0, 0.05) is 11.7 Å². The van der Waals surface area contributed by atoms with Gasteiger partial charge in [-0.2, -0.15) is 0 Å². The second kappa shape index (κ2) is 7.17. The van der Waals surface area contributed by atoms with Gasteiger partial charge < -0.3 is 15.7 Å². The van der Waals surface area contributed by atoms with Crippen molar-refractivity contribution in [1.82, 2.24) is 19.9 Å². The number of hydrogen-bond donors (Lipinski definition) is 3. The number of halogens is 1. The molecule has 3 aromatic rings. The Balaban J connectivity index is 1.60. The first-order chi connectivity index (χ1) is 12.7. The van der Waals surface area contributed by atoms with Crippen LogP contribution in [0.15, 0.2) is 36.8 Å². The third-order valence-electron chi connectivity index (χ3n) is 4.49. The lowest BCUT2D eigenvalue weighted by molar-refractivity contribution is 0.126. The number of aliphatic hydroxyl groups is 1. The van der Waals surface area contributed by atoms with E-state index < -0.39 is 0 Å². The monoisotopic (exact) mass is 354 g/mol. The van der Waals surface area contributed by atoms with Crippen molar-refractivity contribution in [2.24, 2.45) is 0 Å². The molecule has 0 aliphatic heterocycles. The zero-order valence-corrected chi connectivity index (χ0v) is 14.1. The molecule has 0 bridgehead atoms. The summed E-state index contributed by atoms with van der Waals surface area (Å²) in [5, 5.41) is 16.0. The van der Waals surface area contributed by atoms with Gasteiger partial charge in [-0.05, 0) is 43.9 Å². The van der Waals surface area contributed by atoms with Crippen LogP contribution in [0.1, 0.15) is 25.7 Å². The molecule has 2 heterocycles. The minimum Gasteiger partial charge on any atom is -0.393 e. The van der Waals surface area contributed by atoms with Gasteiger partial charge in [0.1, 0.15) is 23.2 Å². The molecule has 0 atom stereocenters. The third kappa shape index (κ3) is 3.70. The van der Waals surface area contributed by atoms with Crippen LogP contribution in [0, 0.1) is 5.82 Å². The van der Waals surface area contributed by atoms with Crippen molar-refractivity contribution in [1.29, 1.82) is 0 Å². The van der Waals surface area contributed by atoms with Crippen LogP contribution in [-0.4, -0.2) is 37.2 Å². The molecule has 0 unspecified atom stereocenters. The van der Waals surface area contributed by atoms with Gasteiger partial charge in [-0.3, -0.25) is 0 Å². The van der Waals surface area contributed by atoms with Crippen LogP contribution < -0.4 is 10.6 Å². The average Bonchev–Trinajstić information content (AvgIpc) is 2.64. The van der Waals surface area contributed by atoms with E-state index in [0.29, 0.717) is 28.5 Å². The number of benzene rings is 1. The van der Waals surface area contributed by atoms with Gasteiger partial charge in [0.05, 0.1) is 12.3 Å². The summed E-state index contributed by atoms with van der Waals surface area (Å²) in [7, 11) is 0. The van der Waals surface area contributed by atoms with Crippen LogP contribution in [-0.2, 0) is 0 Å². The molecule has 4 rings (SSSR count). The smallest absolute Gasteiger partial charge is 0.223 e. The molecule has 0 amide bonds. The van der Waals surface area contributed by atoms with E-state index in [-0.39, 0.29) is 18.0 Å². The van der Waals surface area contributed by atoms with E-state index in [0.717, 1.165) is 25.7 Å². The van der Waals surface area contributed by atoms with Gasteiger partial charge in [0.25, 0.3) is 0 Å². The number of aromatic nitrogens is 4. The first kappa shape index (κ1) is 16.6. The Hall–Kier alpha value is -2.87. The second-order valence-electron chi connectivity index (χ2n) is 6.43. The lowest BCUT2D eigenvalue weighted by Crippen LogP contribution is -2.28.